The SMILES string of the molecule is CC(C)(C)c1ccc(C(=O)N2CC3C(C2)C3CN(C(=O)c2cccs2)c2ccc(N3CCSCC3)nc2)cc1. The lowest BCUT2D eigenvalue weighted by atomic mass is 9.86. The second-order valence-corrected chi connectivity index (χ2v) is 14.1. The highest BCUT2D eigenvalue weighted by molar-refractivity contribution is 7.99. The minimum atomic E-state index is 0.0331. The summed E-state index contributed by atoms with van der Waals surface area (Å²) in [6.07, 6.45) is 1.86. The number of pyridine rings is 1. The van der Waals surface area contributed by atoms with Crippen LogP contribution < -0.4 is 9.80 Å². The number of likely N-dealkylation sites (tertiary alicyclic amines) is 1. The van der Waals surface area contributed by atoms with Crippen molar-refractivity contribution in [3.63, 3.8) is 0 Å². The number of anilines is 2. The van der Waals surface area contributed by atoms with Crippen LogP contribution in [0.1, 0.15) is 46.4 Å². The molecule has 6 rings (SSSR count). The van der Waals surface area contributed by atoms with E-state index in [-0.39, 0.29) is 17.2 Å². The van der Waals surface area contributed by atoms with Crippen LogP contribution in [0.5, 0.6) is 0 Å². The Hall–Kier alpha value is -2.84. The highest BCUT2D eigenvalue weighted by Crippen LogP contribution is 2.52. The number of benzene rings is 1. The molecule has 3 aromatic rings. The molecule has 1 aliphatic carbocycles. The Kier molecular flexibility index (Phi) is 7.18. The monoisotopic (exact) mass is 560 g/mol. The second-order valence-electron chi connectivity index (χ2n) is 11.9. The summed E-state index contributed by atoms with van der Waals surface area (Å²) in [5.41, 5.74) is 2.91. The third kappa shape index (κ3) is 5.46. The maximum absolute atomic E-state index is 13.6. The van der Waals surface area contributed by atoms with Gasteiger partial charge in [0.25, 0.3) is 11.8 Å². The van der Waals surface area contributed by atoms with Crippen LogP contribution in [0.25, 0.3) is 0 Å². The molecule has 2 amide bonds. The van der Waals surface area contributed by atoms with Gasteiger partial charge < -0.3 is 14.7 Å². The molecule has 2 aromatic heterocycles. The predicted octanol–water partition coefficient (Wildman–Crippen LogP) is 5.66. The van der Waals surface area contributed by atoms with Crippen LogP contribution in [0.4, 0.5) is 11.5 Å². The Balaban J connectivity index is 1.12. The third-order valence-corrected chi connectivity index (χ3v) is 10.2. The third-order valence-electron chi connectivity index (χ3n) is 8.41. The zero-order valence-electron chi connectivity index (χ0n) is 22.9. The van der Waals surface area contributed by atoms with Crippen LogP contribution in [-0.4, -0.2) is 65.9 Å². The molecule has 0 bridgehead atoms. The molecular weight excluding hydrogens is 525 g/mol. The molecule has 2 atom stereocenters. The summed E-state index contributed by atoms with van der Waals surface area (Å²) in [6, 6.07) is 16.0. The van der Waals surface area contributed by atoms with Gasteiger partial charge >= 0.3 is 0 Å². The molecule has 2 aliphatic heterocycles. The molecule has 0 spiro atoms. The molecule has 2 saturated heterocycles. The zero-order chi connectivity index (χ0) is 27.1. The minimum absolute atomic E-state index is 0.0331. The minimum Gasteiger partial charge on any atom is -0.355 e. The van der Waals surface area contributed by atoms with E-state index in [1.807, 2.05) is 63.5 Å². The van der Waals surface area contributed by atoms with Gasteiger partial charge in [-0.05, 0) is 64.4 Å². The smallest absolute Gasteiger partial charge is 0.268 e. The Bertz CT molecular complexity index is 1300. The van der Waals surface area contributed by atoms with Crippen molar-refractivity contribution in [3.05, 3.63) is 76.1 Å². The maximum atomic E-state index is 13.6. The summed E-state index contributed by atoms with van der Waals surface area (Å²) < 4.78 is 0. The number of amides is 2. The van der Waals surface area contributed by atoms with Crippen molar-refractivity contribution in [1.29, 1.82) is 0 Å². The molecule has 0 N–H and O–H groups in total. The lowest BCUT2D eigenvalue weighted by Gasteiger charge is -2.28. The van der Waals surface area contributed by atoms with Crippen LogP contribution in [0.15, 0.2) is 60.1 Å². The number of nitrogens with zero attached hydrogens (tertiary/aromatic N) is 4. The lowest BCUT2D eigenvalue weighted by molar-refractivity contribution is 0.0766. The van der Waals surface area contributed by atoms with Gasteiger partial charge in [0.1, 0.15) is 5.82 Å². The first-order valence-corrected chi connectivity index (χ1v) is 15.9. The summed E-state index contributed by atoms with van der Waals surface area (Å²) in [6.45, 7) is 10.8. The fourth-order valence-corrected chi connectivity index (χ4v) is 7.52. The van der Waals surface area contributed by atoms with Crippen molar-refractivity contribution in [2.45, 2.75) is 26.2 Å². The van der Waals surface area contributed by atoms with Gasteiger partial charge in [-0.15, -0.1) is 11.3 Å². The topological polar surface area (TPSA) is 56.8 Å². The molecule has 6 nitrogen and oxygen atoms in total. The standard InChI is InChI=1S/C31H36N4O2S2/c1-31(2,3)22-8-6-21(7-9-22)29(36)34-18-24-25(19-34)26(24)20-35(30(37)27-5-4-14-39-27)23-10-11-28(32-17-23)33-12-15-38-16-13-33/h4-11,14,17,24-26H,12-13,15-16,18-20H2,1-3H3. The molecule has 1 aromatic carbocycles. The highest BCUT2D eigenvalue weighted by atomic mass is 32.2. The molecule has 2 unspecified atom stereocenters. The van der Waals surface area contributed by atoms with Gasteiger partial charge in [0.15, 0.2) is 0 Å². The summed E-state index contributed by atoms with van der Waals surface area (Å²) in [5.74, 6) is 4.67. The average molecular weight is 561 g/mol. The number of carbonyl (C=O) groups excluding carboxylic acids is 2. The number of hydrogen-bond donors (Lipinski definition) is 0. The van der Waals surface area contributed by atoms with Crippen LogP contribution in [-0.2, 0) is 5.41 Å². The number of hydrogen-bond acceptors (Lipinski definition) is 6. The van der Waals surface area contributed by atoms with Gasteiger partial charge in [-0.2, -0.15) is 11.8 Å². The lowest BCUT2D eigenvalue weighted by Crippen LogP contribution is -2.37. The van der Waals surface area contributed by atoms with E-state index in [2.05, 4.69) is 43.9 Å². The van der Waals surface area contributed by atoms with E-state index in [9.17, 15) is 9.59 Å². The summed E-state index contributed by atoms with van der Waals surface area (Å²) in [4.78, 5) is 38.5. The van der Waals surface area contributed by atoms with Crippen molar-refractivity contribution in [2.75, 3.05) is 54.0 Å². The van der Waals surface area contributed by atoms with Crippen molar-refractivity contribution in [3.8, 4) is 0 Å². The maximum Gasteiger partial charge on any atom is 0.268 e. The Morgan fingerprint density at radius 3 is 2.31 bits per heavy atom. The summed E-state index contributed by atoms with van der Waals surface area (Å²) in [5, 5.41) is 1.95. The van der Waals surface area contributed by atoms with E-state index < -0.39 is 0 Å². The van der Waals surface area contributed by atoms with Crippen LogP contribution in [0.3, 0.4) is 0 Å². The number of carbonyl (C=O) groups is 2. The molecule has 39 heavy (non-hydrogen) atoms. The van der Waals surface area contributed by atoms with Crippen LogP contribution in [0.2, 0.25) is 0 Å². The highest BCUT2D eigenvalue weighted by Gasteiger charge is 2.57. The van der Waals surface area contributed by atoms with E-state index in [1.165, 1.54) is 16.9 Å². The normalized spacial score (nSPS) is 22.5. The van der Waals surface area contributed by atoms with Crippen LogP contribution >= 0.6 is 23.1 Å². The molecule has 8 heteroatoms. The number of rotatable bonds is 6. The van der Waals surface area contributed by atoms with Crippen molar-refractivity contribution >= 4 is 46.4 Å². The van der Waals surface area contributed by atoms with Gasteiger partial charge in [0.05, 0.1) is 16.8 Å². The first kappa shape index (κ1) is 26.4. The molecule has 0 radical (unpaired) electrons. The molecule has 4 heterocycles. The molecule has 204 valence electrons. The molecule has 1 saturated carbocycles. The number of aromatic nitrogens is 1. The number of piperidine rings is 1. The van der Waals surface area contributed by atoms with E-state index in [4.69, 9.17) is 4.98 Å². The summed E-state index contributed by atoms with van der Waals surface area (Å²) >= 11 is 3.46. The quantitative estimate of drug-likeness (QED) is 0.390. The fraction of sp³-hybridized carbons (Fsp3) is 0.452. The van der Waals surface area contributed by atoms with Gasteiger partial charge in [0, 0.05) is 49.8 Å². The number of thioether (sulfide) groups is 1. The molecule has 3 fully saturated rings. The van der Waals surface area contributed by atoms with Gasteiger partial charge in [0.2, 0.25) is 0 Å². The van der Waals surface area contributed by atoms with E-state index in [1.54, 1.807) is 0 Å². The van der Waals surface area contributed by atoms with E-state index in [0.29, 0.717) is 24.3 Å². The van der Waals surface area contributed by atoms with Crippen LogP contribution in [0, 0.1) is 17.8 Å². The van der Waals surface area contributed by atoms with Gasteiger partial charge in [-0.1, -0.05) is 39.0 Å². The predicted molar refractivity (Wildman–Crippen MR) is 161 cm³/mol. The second kappa shape index (κ2) is 10.6. The summed E-state index contributed by atoms with van der Waals surface area (Å²) in [7, 11) is 0. The Morgan fingerprint density at radius 1 is 1.00 bits per heavy atom. The largest absolute Gasteiger partial charge is 0.355 e. The van der Waals surface area contributed by atoms with Gasteiger partial charge in [-0.25, -0.2) is 4.98 Å². The van der Waals surface area contributed by atoms with E-state index >= 15 is 0 Å². The van der Waals surface area contributed by atoms with Gasteiger partial charge in [-0.3, -0.25) is 9.59 Å². The Labute approximate surface area is 239 Å². The first-order valence-electron chi connectivity index (χ1n) is 13.8. The fourth-order valence-electron chi connectivity index (χ4n) is 5.95. The van der Waals surface area contributed by atoms with E-state index in [0.717, 1.165) is 59.6 Å². The Morgan fingerprint density at radius 2 is 1.72 bits per heavy atom. The van der Waals surface area contributed by atoms with Crippen molar-refractivity contribution < 1.29 is 9.59 Å². The number of thiophene rings is 1. The molecular formula is C31H36N4O2S2. The average Bonchev–Trinajstić information content (AvgIpc) is 3.33. The van der Waals surface area contributed by atoms with Crippen molar-refractivity contribution in [2.24, 2.45) is 17.8 Å². The number of fused-ring (bicyclic) bond motifs is 1. The first-order chi connectivity index (χ1) is 18.8. The molecule has 3 aliphatic rings. The van der Waals surface area contributed by atoms with Crippen molar-refractivity contribution in [1.82, 2.24) is 9.88 Å². The zero-order valence-corrected chi connectivity index (χ0v) is 24.5.